The van der Waals surface area contributed by atoms with Crippen LogP contribution in [0.25, 0.3) is 0 Å². The van der Waals surface area contributed by atoms with Gasteiger partial charge in [0, 0.05) is 45.3 Å². The molecular weight excluding hydrogens is 390 g/mol. The lowest BCUT2D eigenvalue weighted by molar-refractivity contribution is -0.122. The van der Waals surface area contributed by atoms with Crippen LogP contribution in [0.2, 0.25) is 0 Å². The number of amides is 1. The lowest BCUT2D eigenvalue weighted by atomic mass is 9.99. The zero-order valence-electron chi connectivity index (χ0n) is 17.5. The minimum absolute atomic E-state index is 0.0519. The molecule has 1 N–H and O–H groups in total. The lowest BCUT2D eigenvalue weighted by Crippen LogP contribution is -2.33. The normalized spacial score (nSPS) is 18.8. The Kier molecular flexibility index (Phi) is 7.54. The third-order valence-electron chi connectivity index (χ3n) is 5.86. The van der Waals surface area contributed by atoms with Gasteiger partial charge < -0.3 is 15.0 Å². The average molecular weight is 424 g/mol. The summed E-state index contributed by atoms with van der Waals surface area (Å²) in [4.78, 5) is 15.3. The van der Waals surface area contributed by atoms with Gasteiger partial charge in [-0.2, -0.15) is 4.31 Å². The second-order valence-electron chi connectivity index (χ2n) is 7.69. The summed E-state index contributed by atoms with van der Waals surface area (Å²) < 4.78 is 32.8. The smallest absolute Gasteiger partial charge is 0.243 e. The lowest BCUT2D eigenvalue weighted by Gasteiger charge is -2.31. The van der Waals surface area contributed by atoms with E-state index >= 15 is 0 Å². The van der Waals surface area contributed by atoms with Gasteiger partial charge in [0.25, 0.3) is 0 Å². The van der Waals surface area contributed by atoms with Gasteiger partial charge in [-0.15, -0.1) is 0 Å². The molecule has 0 saturated carbocycles. The largest absolute Gasteiger partial charge is 0.381 e. The second-order valence-corrected chi connectivity index (χ2v) is 9.63. The van der Waals surface area contributed by atoms with Crippen molar-refractivity contribution in [3.05, 3.63) is 18.2 Å². The second kappa shape index (κ2) is 9.91. The van der Waals surface area contributed by atoms with Gasteiger partial charge in [0.15, 0.2) is 0 Å². The number of carbonyl (C=O) groups excluding carboxylic acids is 1. The number of rotatable bonds is 7. The van der Waals surface area contributed by atoms with Gasteiger partial charge in [-0.05, 0) is 50.3 Å². The van der Waals surface area contributed by atoms with Crippen LogP contribution in [-0.4, -0.2) is 58.0 Å². The quantitative estimate of drug-likeness (QED) is 0.729. The highest BCUT2D eigenvalue weighted by Gasteiger charge is 2.27. The van der Waals surface area contributed by atoms with E-state index in [-0.39, 0.29) is 16.7 Å². The molecule has 1 aromatic carbocycles. The van der Waals surface area contributed by atoms with Crippen LogP contribution in [-0.2, 0) is 19.6 Å². The van der Waals surface area contributed by atoms with Crippen molar-refractivity contribution in [1.82, 2.24) is 4.31 Å². The van der Waals surface area contributed by atoms with Crippen molar-refractivity contribution in [1.29, 1.82) is 0 Å². The number of piperidine rings is 1. The fourth-order valence-electron chi connectivity index (χ4n) is 4.09. The topological polar surface area (TPSA) is 79.0 Å². The predicted octanol–water partition coefficient (Wildman–Crippen LogP) is 3.07. The molecule has 0 spiro atoms. The van der Waals surface area contributed by atoms with E-state index in [1.165, 1.54) is 10.7 Å². The summed E-state index contributed by atoms with van der Waals surface area (Å²) in [5.74, 6) is -0.148. The van der Waals surface area contributed by atoms with E-state index in [0.29, 0.717) is 44.8 Å². The van der Waals surface area contributed by atoms with Crippen LogP contribution in [0.5, 0.6) is 0 Å². The molecule has 162 valence electrons. The molecule has 2 heterocycles. The maximum atomic E-state index is 13.0. The Morgan fingerprint density at radius 2 is 1.79 bits per heavy atom. The molecule has 2 fully saturated rings. The number of benzene rings is 1. The van der Waals surface area contributed by atoms with E-state index in [4.69, 9.17) is 4.74 Å². The Labute approximate surface area is 174 Å². The minimum atomic E-state index is -3.59. The third-order valence-corrected chi connectivity index (χ3v) is 7.90. The Bertz CT molecular complexity index is 796. The van der Waals surface area contributed by atoms with Crippen LogP contribution < -0.4 is 10.2 Å². The fraction of sp³-hybridized carbons (Fsp3) is 0.667. The molecule has 29 heavy (non-hydrogen) atoms. The number of ether oxygens (including phenoxy) is 1. The van der Waals surface area contributed by atoms with Crippen LogP contribution in [0.3, 0.4) is 0 Å². The number of nitrogens with zero attached hydrogens (tertiary/aromatic N) is 2. The number of sulfonamides is 1. The predicted molar refractivity (Wildman–Crippen MR) is 115 cm³/mol. The average Bonchev–Trinajstić information content (AvgIpc) is 2.75. The summed E-state index contributed by atoms with van der Waals surface area (Å²) >= 11 is 0. The van der Waals surface area contributed by atoms with Crippen LogP contribution in [0, 0.1) is 5.92 Å². The third kappa shape index (κ3) is 5.10. The van der Waals surface area contributed by atoms with Gasteiger partial charge in [0.05, 0.1) is 16.3 Å². The summed E-state index contributed by atoms with van der Waals surface area (Å²) in [6.45, 7) is 7.51. The summed E-state index contributed by atoms with van der Waals surface area (Å²) in [6, 6.07) is 5.15. The SMILES string of the molecule is CCN(CC)S(=O)(=O)c1ccc(N2CCCCC2)c(NC(=O)C2CCOCC2)c1. The molecule has 0 atom stereocenters. The Hall–Kier alpha value is -1.64. The molecule has 2 aliphatic rings. The molecule has 3 rings (SSSR count). The number of anilines is 2. The van der Waals surface area contributed by atoms with Gasteiger partial charge >= 0.3 is 0 Å². The first-order valence-electron chi connectivity index (χ1n) is 10.7. The number of hydrogen-bond donors (Lipinski definition) is 1. The molecule has 7 nitrogen and oxygen atoms in total. The zero-order chi connectivity index (χ0) is 20.9. The van der Waals surface area contributed by atoms with Gasteiger partial charge in [-0.3, -0.25) is 4.79 Å². The summed E-state index contributed by atoms with van der Waals surface area (Å²) in [5, 5.41) is 3.05. The van der Waals surface area contributed by atoms with Crippen molar-refractivity contribution in [2.75, 3.05) is 49.6 Å². The first kappa shape index (κ1) is 22.1. The number of hydrogen-bond acceptors (Lipinski definition) is 5. The molecule has 0 radical (unpaired) electrons. The highest BCUT2D eigenvalue weighted by Crippen LogP contribution is 2.33. The van der Waals surface area contributed by atoms with Crippen molar-refractivity contribution in [2.24, 2.45) is 5.92 Å². The number of carbonyl (C=O) groups is 1. The molecular formula is C21H33N3O4S. The van der Waals surface area contributed by atoms with E-state index < -0.39 is 10.0 Å². The first-order valence-corrected chi connectivity index (χ1v) is 12.2. The maximum Gasteiger partial charge on any atom is 0.243 e. The standard InChI is InChI=1S/C21H33N3O4S/c1-3-24(4-2)29(26,27)18-8-9-20(23-12-6-5-7-13-23)19(16-18)22-21(25)17-10-14-28-15-11-17/h8-9,16-17H,3-7,10-15H2,1-2H3,(H,22,25). The molecule has 8 heteroatoms. The van der Waals surface area contributed by atoms with Gasteiger partial charge in [-0.1, -0.05) is 13.8 Å². The zero-order valence-corrected chi connectivity index (χ0v) is 18.3. The van der Waals surface area contributed by atoms with Crippen molar-refractivity contribution in [3.8, 4) is 0 Å². The maximum absolute atomic E-state index is 13.0. The van der Waals surface area contributed by atoms with E-state index in [1.54, 1.807) is 12.1 Å². The van der Waals surface area contributed by atoms with Crippen LogP contribution in [0.4, 0.5) is 11.4 Å². The molecule has 1 amide bonds. The van der Waals surface area contributed by atoms with Crippen LogP contribution in [0.15, 0.2) is 23.1 Å². The molecule has 0 unspecified atom stereocenters. The molecule has 0 aliphatic carbocycles. The van der Waals surface area contributed by atoms with Crippen LogP contribution >= 0.6 is 0 Å². The molecule has 0 bridgehead atoms. The van der Waals surface area contributed by atoms with Crippen molar-refractivity contribution in [3.63, 3.8) is 0 Å². The number of nitrogens with one attached hydrogen (secondary N) is 1. The van der Waals surface area contributed by atoms with Crippen molar-refractivity contribution >= 4 is 27.3 Å². The molecule has 2 saturated heterocycles. The summed E-state index contributed by atoms with van der Waals surface area (Å²) in [5.41, 5.74) is 1.50. The van der Waals surface area contributed by atoms with E-state index in [9.17, 15) is 13.2 Å². The van der Waals surface area contributed by atoms with Crippen molar-refractivity contribution in [2.45, 2.75) is 50.8 Å². The van der Waals surface area contributed by atoms with Crippen LogP contribution in [0.1, 0.15) is 46.0 Å². The molecule has 2 aliphatic heterocycles. The summed E-state index contributed by atoms with van der Waals surface area (Å²) in [7, 11) is -3.59. The Morgan fingerprint density at radius 3 is 2.41 bits per heavy atom. The molecule has 0 aromatic heterocycles. The Balaban J connectivity index is 1.93. The van der Waals surface area contributed by atoms with E-state index in [2.05, 4.69) is 10.2 Å². The van der Waals surface area contributed by atoms with Gasteiger partial charge in [0.1, 0.15) is 0 Å². The van der Waals surface area contributed by atoms with E-state index in [0.717, 1.165) is 31.6 Å². The highest BCUT2D eigenvalue weighted by molar-refractivity contribution is 7.89. The van der Waals surface area contributed by atoms with Gasteiger partial charge in [-0.25, -0.2) is 8.42 Å². The minimum Gasteiger partial charge on any atom is -0.381 e. The van der Waals surface area contributed by atoms with Crippen molar-refractivity contribution < 1.29 is 17.9 Å². The molecule has 1 aromatic rings. The summed E-state index contributed by atoms with van der Waals surface area (Å²) in [6.07, 6.45) is 4.80. The van der Waals surface area contributed by atoms with Gasteiger partial charge in [0.2, 0.25) is 15.9 Å². The Morgan fingerprint density at radius 1 is 1.14 bits per heavy atom. The monoisotopic (exact) mass is 423 g/mol. The van der Waals surface area contributed by atoms with E-state index in [1.807, 2.05) is 19.9 Å². The fourth-order valence-corrected chi connectivity index (χ4v) is 5.58. The first-order chi connectivity index (χ1) is 14.0. The highest BCUT2D eigenvalue weighted by atomic mass is 32.2.